The Bertz CT molecular complexity index is 508. The Balaban J connectivity index is 1.72. The maximum absolute atomic E-state index is 11.7. The van der Waals surface area contributed by atoms with Crippen molar-refractivity contribution in [1.29, 1.82) is 0 Å². The Kier molecular flexibility index (Phi) is 4.79. The van der Waals surface area contributed by atoms with Crippen molar-refractivity contribution in [2.24, 2.45) is 0 Å². The fourth-order valence-corrected chi connectivity index (χ4v) is 2.64. The third kappa shape index (κ3) is 4.17. The molecule has 1 heterocycles. The zero-order chi connectivity index (χ0) is 12.8. The largest absolute Gasteiger partial charge is 0.493 e. The highest BCUT2D eigenvalue weighted by Crippen LogP contribution is 2.22. The number of carbonyl (C=O) groups is 1. The highest BCUT2D eigenvalue weighted by atomic mass is 35.5. The molecule has 0 N–H and O–H groups in total. The third-order valence-corrected chi connectivity index (χ3v) is 3.62. The maximum atomic E-state index is 11.7. The van der Waals surface area contributed by atoms with Crippen LogP contribution in [-0.4, -0.2) is 12.4 Å². The van der Waals surface area contributed by atoms with Crippen LogP contribution in [0.25, 0.3) is 0 Å². The minimum atomic E-state index is 0.171. The second-order valence-corrected chi connectivity index (χ2v) is 5.63. The van der Waals surface area contributed by atoms with Gasteiger partial charge in [0.15, 0.2) is 0 Å². The molecule has 0 aliphatic heterocycles. The molecule has 2 rings (SSSR count). The van der Waals surface area contributed by atoms with Gasteiger partial charge >= 0.3 is 0 Å². The minimum absolute atomic E-state index is 0.171. The Morgan fingerprint density at radius 3 is 2.61 bits per heavy atom. The van der Waals surface area contributed by atoms with E-state index in [1.165, 1.54) is 11.3 Å². The molecule has 94 valence electrons. The van der Waals surface area contributed by atoms with Crippen LogP contribution in [-0.2, 0) is 11.2 Å². The maximum Gasteiger partial charge on any atom is 0.141 e. The summed E-state index contributed by atoms with van der Waals surface area (Å²) in [5.74, 6) is 0.967. The summed E-state index contributed by atoms with van der Waals surface area (Å²) in [6.07, 6.45) is 0.861. The topological polar surface area (TPSA) is 26.3 Å². The lowest BCUT2D eigenvalue weighted by Gasteiger charge is -2.04. The molecule has 0 aliphatic carbocycles. The highest BCUT2D eigenvalue weighted by Gasteiger charge is 2.06. The first-order valence-corrected chi connectivity index (χ1v) is 6.87. The van der Waals surface area contributed by atoms with Crippen LogP contribution in [0.2, 0.25) is 4.34 Å². The lowest BCUT2D eigenvalue weighted by atomic mass is 10.2. The van der Waals surface area contributed by atoms with Gasteiger partial charge < -0.3 is 4.74 Å². The van der Waals surface area contributed by atoms with Crippen molar-refractivity contribution in [3.63, 3.8) is 0 Å². The van der Waals surface area contributed by atoms with E-state index in [9.17, 15) is 4.79 Å². The monoisotopic (exact) mass is 280 g/mol. The van der Waals surface area contributed by atoms with Crippen molar-refractivity contribution in [2.45, 2.75) is 12.8 Å². The number of halogens is 1. The van der Waals surface area contributed by atoms with E-state index in [2.05, 4.69) is 0 Å². The van der Waals surface area contributed by atoms with Gasteiger partial charge in [0.2, 0.25) is 0 Å². The molecule has 0 fully saturated rings. The molecular formula is C14H13ClO2S. The van der Waals surface area contributed by atoms with Crippen LogP contribution in [0.4, 0.5) is 0 Å². The van der Waals surface area contributed by atoms with E-state index >= 15 is 0 Å². The number of ether oxygens (including phenoxy) is 1. The molecule has 2 aromatic rings. The lowest BCUT2D eigenvalue weighted by Crippen LogP contribution is -2.08. The number of para-hydroxylation sites is 1. The number of benzene rings is 1. The van der Waals surface area contributed by atoms with Crippen LogP contribution in [0.5, 0.6) is 5.75 Å². The number of hydrogen-bond acceptors (Lipinski definition) is 3. The van der Waals surface area contributed by atoms with Crippen LogP contribution >= 0.6 is 22.9 Å². The first kappa shape index (κ1) is 13.1. The van der Waals surface area contributed by atoms with E-state index in [0.29, 0.717) is 19.4 Å². The number of rotatable bonds is 6. The van der Waals surface area contributed by atoms with Crippen molar-refractivity contribution < 1.29 is 9.53 Å². The molecule has 0 amide bonds. The van der Waals surface area contributed by atoms with Crippen molar-refractivity contribution in [3.8, 4) is 5.75 Å². The first-order valence-electron chi connectivity index (χ1n) is 5.68. The summed E-state index contributed by atoms with van der Waals surface area (Å²) < 4.78 is 6.20. The molecular weight excluding hydrogens is 268 g/mol. The summed E-state index contributed by atoms with van der Waals surface area (Å²) in [5, 5.41) is 0. The highest BCUT2D eigenvalue weighted by molar-refractivity contribution is 7.16. The molecule has 18 heavy (non-hydrogen) atoms. The van der Waals surface area contributed by atoms with Gasteiger partial charge in [0, 0.05) is 17.7 Å². The molecule has 1 aromatic carbocycles. The molecule has 0 saturated carbocycles. The van der Waals surface area contributed by atoms with E-state index < -0.39 is 0 Å². The molecule has 2 nitrogen and oxygen atoms in total. The Labute approximate surface area is 115 Å². The van der Waals surface area contributed by atoms with E-state index in [-0.39, 0.29) is 5.78 Å². The second kappa shape index (κ2) is 6.57. The third-order valence-electron chi connectivity index (χ3n) is 2.39. The molecule has 0 bridgehead atoms. The van der Waals surface area contributed by atoms with Crippen molar-refractivity contribution in [2.75, 3.05) is 6.61 Å². The van der Waals surface area contributed by atoms with Crippen molar-refractivity contribution in [1.82, 2.24) is 0 Å². The van der Waals surface area contributed by atoms with Crippen LogP contribution in [0, 0.1) is 0 Å². The standard InChI is InChI=1S/C14H13ClO2S/c15-14-7-6-13(18-14)10-11(16)8-9-17-12-4-2-1-3-5-12/h1-7H,8-10H2. The number of thiophene rings is 1. The number of ketones is 1. The summed E-state index contributed by atoms with van der Waals surface area (Å²) in [6.45, 7) is 0.419. The molecule has 0 aliphatic rings. The summed E-state index contributed by atoms with van der Waals surface area (Å²) in [7, 11) is 0. The predicted octanol–water partition coefficient (Wildman–Crippen LogP) is 3.98. The van der Waals surface area contributed by atoms with Gasteiger partial charge in [-0.15, -0.1) is 11.3 Å². The van der Waals surface area contributed by atoms with Gasteiger partial charge in [0.25, 0.3) is 0 Å². The zero-order valence-electron chi connectivity index (χ0n) is 9.77. The Hall–Kier alpha value is -1.32. The first-order chi connectivity index (χ1) is 8.74. The van der Waals surface area contributed by atoms with Gasteiger partial charge in [0.05, 0.1) is 10.9 Å². The summed E-state index contributed by atoms with van der Waals surface area (Å²) >= 11 is 7.26. The van der Waals surface area contributed by atoms with Gasteiger partial charge in [-0.2, -0.15) is 0 Å². The number of carbonyl (C=O) groups excluding carboxylic acids is 1. The molecule has 1 aromatic heterocycles. The van der Waals surface area contributed by atoms with E-state index in [1.807, 2.05) is 42.5 Å². The number of hydrogen-bond donors (Lipinski definition) is 0. The van der Waals surface area contributed by atoms with E-state index in [4.69, 9.17) is 16.3 Å². The van der Waals surface area contributed by atoms with Crippen molar-refractivity contribution in [3.05, 3.63) is 51.7 Å². The number of Topliss-reactive ketones (excluding diaryl/α,β-unsaturated/α-hetero) is 1. The van der Waals surface area contributed by atoms with Crippen LogP contribution in [0.15, 0.2) is 42.5 Å². The minimum Gasteiger partial charge on any atom is -0.493 e. The smallest absolute Gasteiger partial charge is 0.141 e. The summed E-state index contributed by atoms with van der Waals surface area (Å²) in [6, 6.07) is 13.2. The van der Waals surface area contributed by atoms with Crippen molar-refractivity contribution >= 4 is 28.7 Å². The van der Waals surface area contributed by atoms with Crippen LogP contribution in [0.1, 0.15) is 11.3 Å². The van der Waals surface area contributed by atoms with E-state index in [1.54, 1.807) is 0 Å². The molecule has 0 unspecified atom stereocenters. The fourth-order valence-electron chi connectivity index (χ4n) is 1.53. The lowest BCUT2D eigenvalue weighted by molar-refractivity contribution is -0.118. The van der Waals surface area contributed by atoms with Gasteiger partial charge in [-0.1, -0.05) is 29.8 Å². The second-order valence-electron chi connectivity index (χ2n) is 3.83. The van der Waals surface area contributed by atoms with Gasteiger partial charge in [-0.25, -0.2) is 0 Å². The zero-order valence-corrected chi connectivity index (χ0v) is 11.3. The molecule has 0 atom stereocenters. The predicted molar refractivity (Wildman–Crippen MR) is 74.6 cm³/mol. The average molecular weight is 281 g/mol. The molecule has 0 saturated heterocycles. The fraction of sp³-hybridized carbons (Fsp3) is 0.214. The van der Waals surface area contributed by atoms with Crippen LogP contribution in [0.3, 0.4) is 0 Å². The quantitative estimate of drug-likeness (QED) is 0.800. The van der Waals surface area contributed by atoms with Gasteiger partial charge in [-0.3, -0.25) is 4.79 Å². The Morgan fingerprint density at radius 2 is 1.94 bits per heavy atom. The van der Waals surface area contributed by atoms with Crippen LogP contribution < -0.4 is 4.74 Å². The van der Waals surface area contributed by atoms with Gasteiger partial charge in [-0.05, 0) is 24.3 Å². The van der Waals surface area contributed by atoms with Gasteiger partial charge in [0.1, 0.15) is 11.5 Å². The molecule has 0 radical (unpaired) electrons. The van der Waals surface area contributed by atoms with E-state index in [0.717, 1.165) is 15.0 Å². The normalized spacial score (nSPS) is 10.3. The summed E-state index contributed by atoms with van der Waals surface area (Å²) in [4.78, 5) is 12.7. The summed E-state index contributed by atoms with van der Waals surface area (Å²) in [5.41, 5.74) is 0. The average Bonchev–Trinajstić information content (AvgIpc) is 2.76. The Morgan fingerprint density at radius 1 is 1.17 bits per heavy atom. The SMILES string of the molecule is O=C(CCOc1ccccc1)Cc1ccc(Cl)s1. The molecule has 4 heteroatoms. The molecule has 0 spiro atoms.